The number of amides is 2. The third kappa shape index (κ3) is 3.33. The van der Waals surface area contributed by atoms with Gasteiger partial charge in [-0.2, -0.15) is 25.8 Å². The highest BCUT2D eigenvalue weighted by Crippen LogP contribution is 2.25. The minimum atomic E-state index is -3.79. The van der Waals surface area contributed by atoms with Crippen LogP contribution in [0.4, 0.5) is 4.79 Å². The molecule has 0 aliphatic carbocycles. The quantitative estimate of drug-likeness (QED) is 0.528. The molecule has 2 atom stereocenters. The van der Waals surface area contributed by atoms with Gasteiger partial charge in [-0.25, -0.2) is 9.10 Å². The second-order valence-electron chi connectivity index (χ2n) is 4.73. The molecule has 0 radical (unpaired) electrons. The minimum absolute atomic E-state index is 0.0249. The van der Waals surface area contributed by atoms with Crippen molar-refractivity contribution >= 4 is 34.8 Å². The van der Waals surface area contributed by atoms with E-state index in [1.54, 1.807) is 0 Å². The number of ether oxygens (including phenoxy) is 1. The minimum Gasteiger partial charge on any atom is -0.445 e. The zero-order valence-electron chi connectivity index (χ0n) is 11.3. The standard InChI is InChI=1S/C11H17N3O5S2/c1-2-5-19-11(16)13-7-8(20)6-9(13)10(15)14-4-3-12-21(14,17)18/h2,8-9,12,20H,1,3-7H2/t8-,9-/m0/s1. The predicted octanol–water partition coefficient (Wildman–Crippen LogP) is -0.642. The van der Waals surface area contributed by atoms with Crippen molar-refractivity contribution in [1.82, 2.24) is 13.9 Å². The van der Waals surface area contributed by atoms with E-state index in [9.17, 15) is 18.0 Å². The molecule has 2 amide bonds. The Bertz CT molecular complexity index is 550. The van der Waals surface area contributed by atoms with Gasteiger partial charge < -0.3 is 4.74 Å². The number of thiol groups is 1. The van der Waals surface area contributed by atoms with Gasteiger partial charge in [0.05, 0.1) is 6.54 Å². The highest BCUT2D eigenvalue weighted by atomic mass is 32.2. The molecule has 0 unspecified atom stereocenters. The van der Waals surface area contributed by atoms with Crippen LogP contribution in [0.2, 0.25) is 0 Å². The second kappa shape index (κ2) is 6.24. The summed E-state index contributed by atoms with van der Waals surface area (Å²) in [6, 6.07) is -0.875. The average Bonchev–Trinajstić information content (AvgIpc) is 2.97. The summed E-state index contributed by atoms with van der Waals surface area (Å²) in [5, 5.41) is -0.200. The summed E-state index contributed by atoms with van der Waals surface area (Å²) in [6.45, 7) is 3.93. The van der Waals surface area contributed by atoms with Gasteiger partial charge in [-0.05, 0) is 6.42 Å². The topological polar surface area (TPSA) is 96.0 Å². The molecule has 0 aromatic rings. The van der Waals surface area contributed by atoms with Gasteiger partial charge in [0.15, 0.2) is 0 Å². The van der Waals surface area contributed by atoms with Crippen LogP contribution in [-0.2, 0) is 19.7 Å². The third-order valence-corrected chi connectivity index (χ3v) is 5.14. The summed E-state index contributed by atoms with van der Waals surface area (Å²) in [6.07, 6.45) is 1.03. The van der Waals surface area contributed by atoms with Crippen LogP contribution in [0, 0.1) is 0 Å². The molecule has 2 fully saturated rings. The van der Waals surface area contributed by atoms with E-state index in [0.29, 0.717) is 0 Å². The van der Waals surface area contributed by atoms with Gasteiger partial charge in [0.25, 0.3) is 5.91 Å². The van der Waals surface area contributed by atoms with Crippen LogP contribution in [-0.4, -0.2) is 67.2 Å². The van der Waals surface area contributed by atoms with Crippen LogP contribution in [0.1, 0.15) is 6.42 Å². The zero-order chi connectivity index (χ0) is 15.6. The van der Waals surface area contributed by atoms with Crippen molar-refractivity contribution in [2.75, 3.05) is 26.2 Å². The highest BCUT2D eigenvalue weighted by Gasteiger charge is 2.45. The molecule has 0 bridgehead atoms. The number of rotatable bonds is 3. The van der Waals surface area contributed by atoms with Crippen molar-refractivity contribution < 1.29 is 22.7 Å². The number of nitrogens with zero attached hydrogens (tertiary/aromatic N) is 2. The van der Waals surface area contributed by atoms with Gasteiger partial charge in [0.1, 0.15) is 12.6 Å². The van der Waals surface area contributed by atoms with Gasteiger partial charge in [-0.15, -0.1) is 0 Å². The number of hydrogen-bond donors (Lipinski definition) is 2. The van der Waals surface area contributed by atoms with Crippen molar-refractivity contribution in [3.8, 4) is 0 Å². The van der Waals surface area contributed by atoms with E-state index in [4.69, 9.17) is 4.74 Å². The Morgan fingerprint density at radius 1 is 1.48 bits per heavy atom. The van der Waals surface area contributed by atoms with E-state index in [-0.39, 0.29) is 37.9 Å². The number of carbonyl (C=O) groups is 2. The molecule has 1 N–H and O–H groups in total. The Balaban J connectivity index is 2.14. The second-order valence-corrected chi connectivity index (χ2v) is 7.14. The molecule has 0 saturated carbocycles. The van der Waals surface area contributed by atoms with Gasteiger partial charge in [0, 0.05) is 18.3 Å². The monoisotopic (exact) mass is 335 g/mol. The molecule has 2 aliphatic heterocycles. The average molecular weight is 335 g/mol. The predicted molar refractivity (Wildman–Crippen MR) is 78.1 cm³/mol. The molecular weight excluding hydrogens is 318 g/mol. The van der Waals surface area contributed by atoms with Crippen LogP contribution in [0.5, 0.6) is 0 Å². The highest BCUT2D eigenvalue weighted by molar-refractivity contribution is 7.87. The molecule has 2 aliphatic rings. The van der Waals surface area contributed by atoms with Gasteiger partial charge in [0.2, 0.25) is 0 Å². The summed E-state index contributed by atoms with van der Waals surface area (Å²) in [5.41, 5.74) is 0. The van der Waals surface area contributed by atoms with Crippen LogP contribution in [0.15, 0.2) is 12.7 Å². The summed E-state index contributed by atoms with van der Waals surface area (Å²) in [5.74, 6) is -0.632. The van der Waals surface area contributed by atoms with E-state index in [1.807, 2.05) is 0 Å². The lowest BCUT2D eigenvalue weighted by Crippen LogP contribution is -2.49. The fourth-order valence-corrected chi connectivity index (χ4v) is 3.90. The number of nitrogens with one attached hydrogen (secondary N) is 1. The summed E-state index contributed by atoms with van der Waals surface area (Å²) in [7, 11) is -3.79. The first kappa shape index (κ1) is 16.1. The fraction of sp³-hybridized carbons (Fsp3) is 0.636. The van der Waals surface area contributed by atoms with Crippen LogP contribution >= 0.6 is 12.6 Å². The number of hydrogen-bond acceptors (Lipinski definition) is 6. The lowest BCUT2D eigenvalue weighted by Gasteiger charge is -2.25. The molecule has 118 valence electrons. The van der Waals surface area contributed by atoms with Crippen molar-refractivity contribution in [2.45, 2.75) is 17.7 Å². The lowest BCUT2D eigenvalue weighted by molar-refractivity contribution is -0.130. The van der Waals surface area contributed by atoms with Gasteiger partial charge >= 0.3 is 16.3 Å². The molecule has 8 nitrogen and oxygen atoms in total. The SMILES string of the molecule is C=CCOC(=O)N1C[C@@H](S)C[C@H]1C(=O)N1CCNS1(=O)=O. The number of carbonyl (C=O) groups excluding carboxylic acids is 2. The van der Waals surface area contributed by atoms with Gasteiger partial charge in [-0.3, -0.25) is 9.69 Å². The van der Waals surface area contributed by atoms with E-state index in [0.717, 1.165) is 4.31 Å². The normalized spacial score (nSPS) is 27.7. The maximum absolute atomic E-state index is 12.4. The van der Waals surface area contributed by atoms with Crippen molar-refractivity contribution in [1.29, 1.82) is 0 Å². The molecule has 2 saturated heterocycles. The van der Waals surface area contributed by atoms with E-state index < -0.39 is 28.3 Å². The van der Waals surface area contributed by atoms with Crippen molar-refractivity contribution in [3.05, 3.63) is 12.7 Å². The zero-order valence-corrected chi connectivity index (χ0v) is 13.0. The fourth-order valence-electron chi connectivity index (χ4n) is 2.33. The maximum Gasteiger partial charge on any atom is 0.410 e. The largest absolute Gasteiger partial charge is 0.445 e. The molecule has 0 aromatic carbocycles. The Labute approximate surface area is 128 Å². The first-order valence-corrected chi connectivity index (χ1v) is 8.36. The molecule has 0 spiro atoms. The molecule has 2 heterocycles. The van der Waals surface area contributed by atoms with E-state index >= 15 is 0 Å². The van der Waals surface area contributed by atoms with Crippen LogP contribution < -0.4 is 4.72 Å². The summed E-state index contributed by atoms with van der Waals surface area (Å²) < 4.78 is 31.4. The Kier molecular flexibility index (Phi) is 4.79. The molecule has 21 heavy (non-hydrogen) atoms. The van der Waals surface area contributed by atoms with E-state index in [1.165, 1.54) is 11.0 Å². The molecular formula is C11H17N3O5S2. The van der Waals surface area contributed by atoms with Crippen LogP contribution in [0.3, 0.4) is 0 Å². The lowest BCUT2D eigenvalue weighted by atomic mass is 10.2. The van der Waals surface area contributed by atoms with Crippen molar-refractivity contribution in [2.24, 2.45) is 0 Å². The molecule has 10 heteroatoms. The van der Waals surface area contributed by atoms with Gasteiger partial charge in [-0.1, -0.05) is 12.7 Å². The van der Waals surface area contributed by atoms with Crippen LogP contribution in [0.25, 0.3) is 0 Å². The van der Waals surface area contributed by atoms with E-state index in [2.05, 4.69) is 23.9 Å². The third-order valence-electron chi connectivity index (χ3n) is 3.26. The Morgan fingerprint density at radius 3 is 2.76 bits per heavy atom. The Hall–Kier alpha value is -1.26. The summed E-state index contributed by atoms with van der Waals surface area (Å²) >= 11 is 4.27. The molecule has 0 aromatic heterocycles. The summed E-state index contributed by atoms with van der Waals surface area (Å²) in [4.78, 5) is 25.5. The smallest absolute Gasteiger partial charge is 0.410 e. The number of likely N-dealkylation sites (tertiary alicyclic amines) is 1. The van der Waals surface area contributed by atoms with Crippen molar-refractivity contribution in [3.63, 3.8) is 0 Å². The first-order chi connectivity index (χ1) is 9.86. The maximum atomic E-state index is 12.4. The Morgan fingerprint density at radius 2 is 2.19 bits per heavy atom. The molecule has 2 rings (SSSR count). The first-order valence-electron chi connectivity index (χ1n) is 6.40.